The van der Waals surface area contributed by atoms with Gasteiger partial charge in [-0.05, 0) is 44.2 Å². The van der Waals surface area contributed by atoms with Gasteiger partial charge in [0.1, 0.15) is 17.7 Å². The fourth-order valence-electron chi connectivity index (χ4n) is 4.04. The van der Waals surface area contributed by atoms with E-state index in [0.29, 0.717) is 36.0 Å². The maximum absolute atomic E-state index is 14.8. The molecule has 164 valence electrons. The predicted octanol–water partition coefficient (Wildman–Crippen LogP) is 5.19. The largest absolute Gasteiger partial charge is 0.370 e. The molecule has 5 rings (SSSR count). The molecule has 1 aliphatic heterocycles. The zero-order chi connectivity index (χ0) is 22.2. The van der Waals surface area contributed by atoms with Crippen molar-refractivity contribution in [1.29, 1.82) is 0 Å². The lowest BCUT2D eigenvalue weighted by molar-refractivity contribution is 0.0395. The van der Waals surface area contributed by atoms with Crippen molar-refractivity contribution in [1.82, 2.24) is 19.7 Å². The molecule has 1 unspecified atom stereocenters. The van der Waals surface area contributed by atoms with E-state index >= 15 is 0 Å². The summed E-state index contributed by atoms with van der Waals surface area (Å²) >= 11 is 5.98. The van der Waals surface area contributed by atoms with Crippen LogP contribution in [0.1, 0.15) is 24.3 Å². The summed E-state index contributed by atoms with van der Waals surface area (Å²) in [4.78, 5) is 11.8. The first kappa shape index (κ1) is 20.8. The molecular formula is C24H23ClFN5O. The van der Waals surface area contributed by atoms with E-state index in [1.165, 1.54) is 6.07 Å². The summed E-state index contributed by atoms with van der Waals surface area (Å²) in [5, 5.41) is 5.52. The minimum atomic E-state index is -0.407. The lowest BCUT2D eigenvalue weighted by Crippen LogP contribution is -2.38. The van der Waals surface area contributed by atoms with E-state index in [2.05, 4.69) is 16.9 Å². The van der Waals surface area contributed by atoms with Crippen LogP contribution < -0.4 is 4.90 Å². The molecule has 8 heteroatoms. The Hall–Kier alpha value is -3.03. The van der Waals surface area contributed by atoms with Crippen LogP contribution in [0, 0.1) is 12.7 Å². The average molecular weight is 452 g/mol. The first-order chi connectivity index (χ1) is 15.5. The highest BCUT2D eigenvalue weighted by atomic mass is 35.5. The van der Waals surface area contributed by atoms with E-state index in [4.69, 9.17) is 26.3 Å². The second-order valence-electron chi connectivity index (χ2n) is 7.91. The number of pyridine rings is 2. The molecule has 0 radical (unpaired) electrons. The summed E-state index contributed by atoms with van der Waals surface area (Å²) in [6.45, 7) is 6.68. The number of morpholine rings is 1. The van der Waals surface area contributed by atoms with Gasteiger partial charge in [-0.2, -0.15) is 5.10 Å². The molecular weight excluding hydrogens is 429 g/mol. The van der Waals surface area contributed by atoms with E-state index < -0.39 is 5.82 Å². The van der Waals surface area contributed by atoms with Crippen molar-refractivity contribution in [2.24, 2.45) is 0 Å². The van der Waals surface area contributed by atoms with Crippen molar-refractivity contribution in [3.8, 4) is 11.3 Å². The summed E-state index contributed by atoms with van der Waals surface area (Å²) in [5.41, 5.74) is 3.67. The zero-order valence-electron chi connectivity index (χ0n) is 17.9. The second kappa shape index (κ2) is 8.48. The summed E-state index contributed by atoms with van der Waals surface area (Å²) in [5.74, 6) is 0.340. The Kier molecular flexibility index (Phi) is 5.53. The molecule has 1 aromatic carbocycles. The Morgan fingerprint density at radius 2 is 2.06 bits per heavy atom. The summed E-state index contributed by atoms with van der Waals surface area (Å²) < 4.78 is 22.8. The van der Waals surface area contributed by atoms with Crippen LogP contribution in [0.25, 0.3) is 22.2 Å². The highest BCUT2D eigenvalue weighted by Crippen LogP contribution is 2.34. The minimum absolute atomic E-state index is 0.109. The van der Waals surface area contributed by atoms with Crippen molar-refractivity contribution >= 4 is 28.3 Å². The molecule has 6 nitrogen and oxygen atoms in total. The van der Waals surface area contributed by atoms with Crippen LogP contribution in [-0.2, 0) is 11.3 Å². The van der Waals surface area contributed by atoms with Gasteiger partial charge in [0.2, 0.25) is 0 Å². The number of aryl methyl sites for hydroxylation is 2. The van der Waals surface area contributed by atoms with Crippen LogP contribution in [0.3, 0.4) is 0 Å². The van der Waals surface area contributed by atoms with E-state index in [-0.39, 0.29) is 6.10 Å². The lowest BCUT2D eigenvalue weighted by atomic mass is 10.0. The van der Waals surface area contributed by atoms with Crippen molar-refractivity contribution in [3.63, 3.8) is 0 Å². The van der Waals surface area contributed by atoms with Gasteiger partial charge in [-0.1, -0.05) is 11.6 Å². The molecule has 0 bridgehead atoms. The number of aromatic nitrogens is 4. The SMILES string of the molecule is CCn1cc(C2CN(c3cc4nc(C)ccc4c(-c4ccc(Cl)cc4F)n3)CCO2)cn1. The number of anilines is 1. The van der Waals surface area contributed by atoms with Gasteiger partial charge in [0.05, 0.1) is 24.0 Å². The Bertz CT molecular complexity index is 1290. The lowest BCUT2D eigenvalue weighted by Gasteiger charge is -2.33. The van der Waals surface area contributed by atoms with Gasteiger partial charge in [-0.25, -0.2) is 9.37 Å². The molecule has 0 N–H and O–H groups in total. The number of ether oxygens (including phenoxy) is 1. The molecule has 4 heterocycles. The number of benzene rings is 1. The second-order valence-corrected chi connectivity index (χ2v) is 8.34. The molecule has 1 atom stereocenters. The van der Waals surface area contributed by atoms with E-state index in [1.807, 2.05) is 42.2 Å². The molecule has 0 saturated carbocycles. The fraction of sp³-hybridized carbons (Fsp3) is 0.292. The molecule has 0 spiro atoms. The van der Waals surface area contributed by atoms with Gasteiger partial charge >= 0.3 is 0 Å². The van der Waals surface area contributed by atoms with Gasteiger partial charge in [-0.15, -0.1) is 0 Å². The van der Waals surface area contributed by atoms with Crippen molar-refractivity contribution in [2.45, 2.75) is 26.5 Å². The summed E-state index contributed by atoms with van der Waals surface area (Å²) in [7, 11) is 0. The standard InChI is InChI=1S/C24H23ClFN5O/c1-3-31-13-16(12-27-31)22-14-30(8-9-32-22)23-11-21-19(6-4-15(2)28-21)24(29-23)18-7-5-17(25)10-20(18)26/h4-7,10-13,22H,3,8-9,14H2,1-2H3. The number of rotatable bonds is 4. The molecule has 1 aliphatic rings. The average Bonchev–Trinajstić information content (AvgIpc) is 3.28. The monoisotopic (exact) mass is 451 g/mol. The van der Waals surface area contributed by atoms with Crippen LogP contribution in [0.4, 0.5) is 10.2 Å². The van der Waals surface area contributed by atoms with Crippen molar-refractivity contribution in [3.05, 3.63) is 70.9 Å². The third-order valence-electron chi connectivity index (χ3n) is 5.74. The van der Waals surface area contributed by atoms with Crippen LogP contribution in [0.15, 0.2) is 48.8 Å². The van der Waals surface area contributed by atoms with E-state index in [9.17, 15) is 4.39 Å². The first-order valence-electron chi connectivity index (χ1n) is 10.6. The normalized spacial score (nSPS) is 16.6. The highest BCUT2D eigenvalue weighted by Gasteiger charge is 2.25. The fourth-order valence-corrected chi connectivity index (χ4v) is 4.20. The van der Waals surface area contributed by atoms with Crippen molar-refractivity contribution in [2.75, 3.05) is 24.6 Å². The molecule has 0 amide bonds. The number of hydrogen-bond donors (Lipinski definition) is 0. The minimum Gasteiger partial charge on any atom is -0.370 e. The molecule has 1 saturated heterocycles. The van der Waals surface area contributed by atoms with Crippen LogP contribution in [0.5, 0.6) is 0 Å². The van der Waals surface area contributed by atoms with Crippen LogP contribution in [-0.4, -0.2) is 39.4 Å². The molecule has 4 aromatic rings. The van der Waals surface area contributed by atoms with E-state index in [0.717, 1.165) is 34.5 Å². The maximum Gasteiger partial charge on any atom is 0.134 e. The third-order valence-corrected chi connectivity index (χ3v) is 5.97. The van der Waals surface area contributed by atoms with E-state index in [1.54, 1.807) is 12.1 Å². The van der Waals surface area contributed by atoms with Gasteiger partial charge in [0, 0.05) is 59.1 Å². The highest BCUT2D eigenvalue weighted by molar-refractivity contribution is 6.30. The predicted molar refractivity (Wildman–Crippen MR) is 123 cm³/mol. The first-order valence-corrected chi connectivity index (χ1v) is 11.0. The topological polar surface area (TPSA) is 56.1 Å². The van der Waals surface area contributed by atoms with Crippen LogP contribution in [0.2, 0.25) is 5.02 Å². The Morgan fingerprint density at radius 1 is 1.19 bits per heavy atom. The summed E-state index contributed by atoms with van der Waals surface area (Å²) in [6.07, 6.45) is 3.76. The molecule has 3 aromatic heterocycles. The smallest absolute Gasteiger partial charge is 0.134 e. The maximum atomic E-state index is 14.8. The Labute approximate surface area is 190 Å². The Balaban J connectivity index is 1.57. The Morgan fingerprint density at radius 3 is 2.84 bits per heavy atom. The molecule has 1 fully saturated rings. The number of halogens is 2. The van der Waals surface area contributed by atoms with Gasteiger partial charge in [-0.3, -0.25) is 9.67 Å². The van der Waals surface area contributed by atoms with Gasteiger partial charge in [0.15, 0.2) is 0 Å². The third kappa shape index (κ3) is 3.94. The molecule has 32 heavy (non-hydrogen) atoms. The number of hydrogen-bond acceptors (Lipinski definition) is 5. The van der Waals surface area contributed by atoms with Crippen LogP contribution >= 0.6 is 11.6 Å². The number of fused-ring (bicyclic) bond motifs is 1. The quantitative estimate of drug-likeness (QED) is 0.427. The van der Waals surface area contributed by atoms with Gasteiger partial charge < -0.3 is 9.64 Å². The molecule has 0 aliphatic carbocycles. The van der Waals surface area contributed by atoms with Gasteiger partial charge in [0.25, 0.3) is 0 Å². The zero-order valence-corrected chi connectivity index (χ0v) is 18.7. The summed E-state index contributed by atoms with van der Waals surface area (Å²) in [6, 6.07) is 10.5. The number of nitrogens with zero attached hydrogens (tertiary/aromatic N) is 5. The van der Waals surface area contributed by atoms with Crippen molar-refractivity contribution < 1.29 is 9.13 Å².